The summed E-state index contributed by atoms with van der Waals surface area (Å²) in [4.78, 5) is 34.0. The van der Waals surface area contributed by atoms with E-state index in [4.69, 9.17) is 11.5 Å². The van der Waals surface area contributed by atoms with Crippen LogP contribution in [-0.2, 0) is 0 Å². The Hall–Kier alpha value is -3.64. The molecule has 1 aliphatic rings. The van der Waals surface area contributed by atoms with E-state index >= 15 is 0 Å². The predicted molar refractivity (Wildman–Crippen MR) is 133 cm³/mol. The molecule has 9 nitrogen and oxygen atoms in total. The zero-order chi connectivity index (χ0) is 26.1. The van der Waals surface area contributed by atoms with Gasteiger partial charge in [-0.1, -0.05) is 24.3 Å². The zero-order valence-electron chi connectivity index (χ0n) is 19.6. The van der Waals surface area contributed by atoms with Crippen LogP contribution in [0.25, 0.3) is 10.6 Å². The van der Waals surface area contributed by atoms with Crippen molar-refractivity contribution in [3.05, 3.63) is 59.6 Å². The van der Waals surface area contributed by atoms with Gasteiger partial charge < -0.3 is 26.8 Å². The molecule has 12 heteroatoms. The van der Waals surface area contributed by atoms with Crippen molar-refractivity contribution >= 4 is 34.0 Å². The van der Waals surface area contributed by atoms with Gasteiger partial charge in [0.05, 0.1) is 23.5 Å². The Morgan fingerprint density at radius 2 is 1.92 bits per heavy atom. The van der Waals surface area contributed by atoms with Crippen LogP contribution in [0.2, 0.25) is 0 Å². The van der Waals surface area contributed by atoms with Gasteiger partial charge in [0.15, 0.2) is 5.69 Å². The summed E-state index contributed by atoms with van der Waals surface area (Å²) in [5.41, 5.74) is 13.1. The van der Waals surface area contributed by atoms with E-state index in [0.717, 1.165) is 29.0 Å². The van der Waals surface area contributed by atoms with Crippen LogP contribution in [0, 0.1) is 17.6 Å². The molecule has 1 aliphatic carbocycles. The van der Waals surface area contributed by atoms with Crippen molar-refractivity contribution in [3.8, 4) is 10.6 Å². The van der Waals surface area contributed by atoms with Gasteiger partial charge in [-0.3, -0.25) is 9.78 Å². The van der Waals surface area contributed by atoms with E-state index in [1.165, 1.54) is 24.2 Å². The SMILES string of the molecule is C[C@H]1C[C@@H](c2ccncc2NC(=O)c2nc(-c3c(F)cccc3F)sc2N)C[C@H](N)[C@H]1N(C)C(=O)O. The van der Waals surface area contributed by atoms with Crippen molar-refractivity contribution in [1.82, 2.24) is 14.9 Å². The van der Waals surface area contributed by atoms with Crippen LogP contribution >= 0.6 is 11.3 Å². The maximum atomic E-state index is 14.2. The number of halogens is 2. The normalized spacial score (nSPS) is 21.7. The van der Waals surface area contributed by atoms with Crippen LogP contribution in [0.5, 0.6) is 0 Å². The smallest absolute Gasteiger partial charge is 0.407 e. The molecule has 0 bridgehead atoms. The highest BCUT2D eigenvalue weighted by atomic mass is 32.1. The summed E-state index contributed by atoms with van der Waals surface area (Å²) in [5.74, 6) is -2.33. The Morgan fingerprint density at radius 1 is 1.22 bits per heavy atom. The third kappa shape index (κ3) is 4.86. The van der Waals surface area contributed by atoms with Gasteiger partial charge in [0.1, 0.15) is 21.6 Å². The number of nitrogens with zero attached hydrogens (tertiary/aromatic N) is 3. The number of hydrogen-bond acceptors (Lipinski definition) is 7. The number of likely N-dealkylation sites (N-methyl/N-ethyl adjacent to an activating group) is 1. The fourth-order valence-corrected chi connectivity index (χ4v) is 5.85. The highest BCUT2D eigenvalue weighted by Gasteiger charge is 2.39. The average Bonchev–Trinajstić information content (AvgIpc) is 3.19. The summed E-state index contributed by atoms with van der Waals surface area (Å²) in [6.07, 6.45) is 3.23. The Morgan fingerprint density at radius 3 is 2.56 bits per heavy atom. The van der Waals surface area contributed by atoms with Gasteiger partial charge in [-0.25, -0.2) is 18.6 Å². The number of carbonyl (C=O) groups excluding carboxylic acids is 1. The van der Waals surface area contributed by atoms with Gasteiger partial charge in [-0.15, -0.1) is 0 Å². The van der Waals surface area contributed by atoms with Crippen LogP contribution in [0.1, 0.15) is 41.7 Å². The van der Waals surface area contributed by atoms with Gasteiger partial charge in [0.2, 0.25) is 0 Å². The number of anilines is 2. The first-order valence-electron chi connectivity index (χ1n) is 11.3. The summed E-state index contributed by atoms with van der Waals surface area (Å²) < 4.78 is 28.4. The molecular formula is C24H26F2N6O3S. The fraction of sp³-hybridized carbons (Fsp3) is 0.333. The molecule has 6 N–H and O–H groups in total. The Kier molecular flexibility index (Phi) is 7.18. The van der Waals surface area contributed by atoms with Crippen LogP contribution in [-0.4, -0.2) is 51.1 Å². The number of rotatable bonds is 5. The molecule has 4 atom stereocenters. The molecule has 4 rings (SSSR count). The summed E-state index contributed by atoms with van der Waals surface area (Å²) in [6.45, 7) is 1.95. The van der Waals surface area contributed by atoms with E-state index < -0.39 is 29.7 Å². The van der Waals surface area contributed by atoms with Gasteiger partial charge in [0.25, 0.3) is 5.91 Å². The Balaban J connectivity index is 1.57. The molecule has 2 heterocycles. The molecule has 0 spiro atoms. The highest BCUT2D eigenvalue weighted by molar-refractivity contribution is 7.19. The van der Waals surface area contributed by atoms with Gasteiger partial charge in [0, 0.05) is 19.3 Å². The monoisotopic (exact) mass is 516 g/mol. The van der Waals surface area contributed by atoms with E-state index in [9.17, 15) is 23.5 Å². The quantitative estimate of drug-likeness (QED) is 0.398. The number of thiazole rings is 1. The van der Waals surface area contributed by atoms with E-state index in [2.05, 4.69) is 15.3 Å². The highest BCUT2D eigenvalue weighted by Crippen LogP contribution is 2.40. The lowest BCUT2D eigenvalue weighted by Crippen LogP contribution is -2.54. The number of carboxylic acid groups (broad SMARTS) is 1. The molecule has 0 saturated heterocycles. The lowest BCUT2D eigenvalue weighted by atomic mass is 9.73. The van der Waals surface area contributed by atoms with Crippen molar-refractivity contribution in [2.75, 3.05) is 18.1 Å². The first-order valence-corrected chi connectivity index (χ1v) is 12.1. The second-order valence-corrected chi connectivity index (χ2v) is 9.97. The van der Waals surface area contributed by atoms with Gasteiger partial charge >= 0.3 is 6.09 Å². The molecule has 0 aliphatic heterocycles. The molecule has 1 saturated carbocycles. The maximum absolute atomic E-state index is 14.2. The zero-order valence-corrected chi connectivity index (χ0v) is 20.4. The van der Waals surface area contributed by atoms with Gasteiger partial charge in [-0.2, -0.15) is 0 Å². The Bertz CT molecular complexity index is 1270. The van der Waals surface area contributed by atoms with Crippen molar-refractivity contribution in [2.24, 2.45) is 11.7 Å². The molecule has 1 aromatic carbocycles. The third-order valence-corrected chi connectivity index (χ3v) is 7.47. The number of amides is 2. The summed E-state index contributed by atoms with van der Waals surface area (Å²) in [6, 6.07) is 4.50. The molecule has 0 unspecified atom stereocenters. The topological polar surface area (TPSA) is 147 Å². The fourth-order valence-electron chi connectivity index (χ4n) is 4.98. The second-order valence-electron chi connectivity index (χ2n) is 8.94. The maximum Gasteiger partial charge on any atom is 0.407 e. The van der Waals surface area contributed by atoms with Crippen LogP contribution in [0.4, 0.5) is 24.3 Å². The van der Waals surface area contributed by atoms with E-state index in [1.54, 1.807) is 12.3 Å². The second kappa shape index (κ2) is 10.2. The molecule has 0 radical (unpaired) electrons. The van der Waals surface area contributed by atoms with E-state index in [1.807, 2.05) is 6.92 Å². The molecule has 36 heavy (non-hydrogen) atoms. The number of nitrogens with one attached hydrogen (secondary N) is 1. The molecule has 190 valence electrons. The lowest BCUT2D eigenvalue weighted by Gasteiger charge is -2.43. The molecule has 1 fully saturated rings. The van der Waals surface area contributed by atoms with Gasteiger partial charge in [-0.05, 0) is 48.4 Å². The molecule has 3 aromatic rings. The average molecular weight is 517 g/mol. The first-order chi connectivity index (χ1) is 17.1. The number of hydrogen-bond donors (Lipinski definition) is 4. The molecule has 2 aromatic heterocycles. The number of aromatic nitrogens is 2. The summed E-state index contributed by atoms with van der Waals surface area (Å²) >= 11 is 0.814. The Labute approximate surface area is 210 Å². The van der Waals surface area contributed by atoms with Crippen LogP contribution < -0.4 is 16.8 Å². The minimum Gasteiger partial charge on any atom is -0.465 e. The predicted octanol–water partition coefficient (Wildman–Crippen LogP) is 4.14. The van der Waals surface area contributed by atoms with Crippen LogP contribution in [0.3, 0.4) is 0 Å². The largest absolute Gasteiger partial charge is 0.465 e. The number of nitrogens with two attached hydrogens (primary N) is 2. The van der Waals surface area contributed by atoms with E-state index in [0.29, 0.717) is 18.5 Å². The minimum atomic E-state index is -1.03. The van der Waals surface area contributed by atoms with Crippen molar-refractivity contribution < 1.29 is 23.5 Å². The number of carbonyl (C=O) groups is 2. The van der Waals surface area contributed by atoms with Crippen molar-refractivity contribution in [2.45, 2.75) is 37.8 Å². The molecular weight excluding hydrogens is 490 g/mol. The van der Waals surface area contributed by atoms with Crippen molar-refractivity contribution in [1.29, 1.82) is 0 Å². The van der Waals surface area contributed by atoms with Crippen LogP contribution in [0.15, 0.2) is 36.7 Å². The first kappa shape index (κ1) is 25.5. The summed E-state index contributed by atoms with van der Waals surface area (Å²) in [7, 11) is 1.52. The number of benzene rings is 1. The lowest BCUT2D eigenvalue weighted by molar-refractivity contribution is 0.0905. The third-order valence-electron chi connectivity index (χ3n) is 6.57. The summed E-state index contributed by atoms with van der Waals surface area (Å²) in [5, 5.41) is 12.1. The number of nitrogen functional groups attached to an aromatic ring is 1. The minimum absolute atomic E-state index is 0.0171. The standard InChI is InChI=1S/C24H26F2N6O3S/c1-11-8-12(9-16(27)20(11)32(2)24(34)35)13-6-7-29-10-17(13)30-22(33)19-21(28)36-23(31-19)18-14(25)4-3-5-15(18)26/h3-7,10-12,16,20H,8-9,27-28H2,1-2H3,(H,30,33)(H,34,35)/t11-,12+,16-,20-/m0/s1. The van der Waals surface area contributed by atoms with E-state index in [-0.39, 0.29) is 39.1 Å². The number of pyridine rings is 1. The molecule has 2 amide bonds. The van der Waals surface area contributed by atoms with Crippen molar-refractivity contribution in [3.63, 3.8) is 0 Å².